The molecule has 0 fully saturated rings. The zero-order valence-corrected chi connectivity index (χ0v) is 19.4. The monoisotopic (exact) mass is 479 g/mol. The first-order valence-corrected chi connectivity index (χ1v) is 11.8. The van der Waals surface area contributed by atoms with Crippen LogP contribution in [0.5, 0.6) is 11.5 Å². The molecule has 0 saturated carbocycles. The zero-order chi connectivity index (χ0) is 24.2. The first-order chi connectivity index (χ1) is 16.4. The Balaban J connectivity index is 1.91. The van der Waals surface area contributed by atoms with Gasteiger partial charge < -0.3 is 29.5 Å². The minimum atomic E-state index is -2.27. The smallest absolute Gasteiger partial charge is 0.274 e. The Hall–Kier alpha value is -3.89. The number of carbonyl (C=O) groups excluding carboxylic acids is 1. The summed E-state index contributed by atoms with van der Waals surface area (Å²) in [7, 11) is 1.62. The van der Waals surface area contributed by atoms with Gasteiger partial charge in [-0.1, -0.05) is 18.2 Å². The van der Waals surface area contributed by atoms with Crippen LogP contribution in [0.15, 0.2) is 65.6 Å². The topological polar surface area (TPSA) is 128 Å². The number of hydrogen-bond acceptors (Lipinski definition) is 6. The molecule has 10 heteroatoms. The number of H-pyrrole nitrogens is 1. The van der Waals surface area contributed by atoms with Gasteiger partial charge in [0.25, 0.3) is 11.5 Å². The number of pyridine rings is 1. The number of rotatable bonds is 8. The van der Waals surface area contributed by atoms with Crippen LogP contribution in [-0.4, -0.2) is 36.6 Å². The molecular formula is C24H23N4O5S-. The number of nitrogens with zero attached hydrogens (tertiary/aromatic N) is 1. The summed E-state index contributed by atoms with van der Waals surface area (Å²) in [5.41, 5.74) is 2.08. The summed E-state index contributed by atoms with van der Waals surface area (Å²) in [5.74, 6) is 0.539. The second-order valence-corrected chi connectivity index (χ2v) is 8.44. The van der Waals surface area contributed by atoms with Crippen molar-refractivity contribution in [3.63, 3.8) is 0 Å². The minimum Gasteiger partial charge on any atom is -0.771 e. The van der Waals surface area contributed by atoms with Gasteiger partial charge in [0.15, 0.2) is 0 Å². The van der Waals surface area contributed by atoms with Crippen LogP contribution in [-0.2, 0) is 18.1 Å². The third-order valence-corrected chi connectivity index (χ3v) is 5.56. The third kappa shape index (κ3) is 4.87. The molecule has 34 heavy (non-hydrogen) atoms. The summed E-state index contributed by atoms with van der Waals surface area (Å²) in [4.78, 5) is 28.2. The second kappa shape index (κ2) is 9.94. The average molecular weight is 480 g/mol. The first-order valence-electron chi connectivity index (χ1n) is 10.5. The number of nitrogens with one attached hydrogen (secondary N) is 3. The summed E-state index contributed by atoms with van der Waals surface area (Å²) in [5, 5.41) is 6.12. The zero-order valence-electron chi connectivity index (χ0n) is 18.6. The quantitative estimate of drug-likeness (QED) is 0.333. The lowest BCUT2D eigenvalue weighted by Crippen LogP contribution is -2.23. The number of amides is 1. The highest BCUT2D eigenvalue weighted by Gasteiger charge is 2.19. The number of fused-ring (bicyclic) bond motifs is 1. The number of para-hydroxylation sites is 1. The van der Waals surface area contributed by atoms with Gasteiger partial charge in [-0.3, -0.25) is 13.8 Å². The van der Waals surface area contributed by atoms with Gasteiger partial charge >= 0.3 is 0 Å². The lowest BCUT2D eigenvalue weighted by molar-refractivity contribution is 0.0951. The van der Waals surface area contributed by atoms with Crippen molar-refractivity contribution in [3.05, 3.63) is 76.8 Å². The van der Waals surface area contributed by atoms with Gasteiger partial charge in [-0.2, -0.15) is 0 Å². The van der Waals surface area contributed by atoms with Crippen molar-refractivity contribution in [2.24, 2.45) is 7.05 Å². The Kier molecular flexibility index (Phi) is 6.80. The Morgan fingerprint density at radius 1 is 1.15 bits per heavy atom. The van der Waals surface area contributed by atoms with Crippen LogP contribution in [0.25, 0.3) is 22.0 Å². The number of anilines is 1. The van der Waals surface area contributed by atoms with E-state index in [1.54, 1.807) is 37.5 Å². The Labute approximate surface area is 198 Å². The Bertz CT molecular complexity index is 1430. The average Bonchev–Trinajstić information content (AvgIpc) is 3.28. The number of aryl methyl sites for hydroxylation is 1. The molecule has 1 unspecified atom stereocenters. The van der Waals surface area contributed by atoms with Crippen LogP contribution < -0.4 is 20.9 Å². The number of hydrogen-bond donors (Lipinski definition) is 3. The van der Waals surface area contributed by atoms with Crippen LogP contribution in [0.3, 0.4) is 0 Å². The maximum absolute atomic E-state index is 12.8. The van der Waals surface area contributed by atoms with Crippen LogP contribution in [0, 0.1) is 0 Å². The second-order valence-electron chi connectivity index (χ2n) is 7.54. The highest BCUT2D eigenvalue weighted by Crippen LogP contribution is 2.38. The predicted molar refractivity (Wildman–Crippen MR) is 131 cm³/mol. The molecule has 1 amide bonds. The normalized spacial score (nSPS) is 11.9. The fourth-order valence-electron chi connectivity index (χ4n) is 3.62. The van der Waals surface area contributed by atoms with Gasteiger partial charge in [0.1, 0.15) is 22.7 Å². The molecule has 0 bridgehead atoms. The van der Waals surface area contributed by atoms with Gasteiger partial charge in [-0.05, 0) is 54.4 Å². The number of carbonyl (C=O) groups is 1. The predicted octanol–water partition coefficient (Wildman–Crippen LogP) is 3.32. The van der Waals surface area contributed by atoms with Crippen LogP contribution in [0.1, 0.15) is 17.4 Å². The van der Waals surface area contributed by atoms with Gasteiger partial charge in [-0.15, -0.1) is 0 Å². The summed E-state index contributed by atoms with van der Waals surface area (Å²) in [6.45, 7) is 2.26. The van der Waals surface area contributed by atoms with Crippen molar-refractivity contribution < 1.29 is 18.3 Å². The molecule has 176 valence electrons. The van der Waals surface area contributed by atoms with E-state index >= 15 is 0 Å². The third-order valence-electron chi connectivity index (χ3n) is 5.18. The molecule has 4 rings (SSSR count). The molecule has 3 N–H and O–H groups in total. The van der Waals surface area contributed by atoms with Gasteiger partial charge in [-0.25, -0.2) is 0 Å². The van der Waals surface area contributed by atoms with Gasteiger partial charge in [0, 0.05) is 42.0 Å². The minimum absolute atomic E-state index is 0.257. The van der Waals surface area contributed by atoms with Crippen LogP contribution in [0.4, 0.5) is 5.69 Å². The maximum Gasteiger partial charge on any atom is 0.274 e. The van der Waals surface area contributed by atoms with E-state index in [0.717, 1.165) is 0 Å². The molecule has 9 nitrogen and oxygen atoms in total. The largest absolute Gasteiger partial charge is 0.771 e. The van der Waals surface area contributed by atoms with E-state index in [9.17, 15) is 18.4 Å². The van der Waals surface area contributed by atoms with Gasteiger partial charge in [0.05, 0.1) is 5.88 Å². The van der Waals surface area contributed by atoms with E-state index in [2.05, 4.69) is 15.6 Å². The molecule has 4 aromatic rings. The molecular weight excluding hydrogens is 456 g/mol. The Morgan fingerprint density at radius 2 is 1.91 bits per heavy atom. The summed E-state index contributed by atoms with van der Waals surface area (Å²) in [6.07, 6.45) is 1.67. The SMILES string of the molecule is CCNC(=O)c1cc2c(-c3cc(NCS(=O)[O-])ccc3Oc3ccccc3)cn(C)c(=O)c2[nH]1. The lowest BCUT2D eigenvalue weighted by Gasteiger charge is -2.16. The number of aromatic nitrogens is 2. The van der Waals surface area contributed by atoms with E-state index in [4.69, 9.17) is 4.74 Å². The van der Waals surface area contributed by atoms with Crippen molar-refractivity contribution in [3.8, 4) is 22.6 Å². The molecule has 0 radical (unpaired) electrons. The highest BCUT2D eigenvalue weighted by atomic mass is 32.2. The molecule has 0 spiro atoms. The van der Waals surface area contributed by atoms with E-state index in [1.165, 1.54) is 4.57 Å². The standard InChI is InChI=1S/C24H24N4O5S/c1-3-25-23(29)20-12-18-19(13-28(2)24(30)22(18)27-20)17-11-15(26-14-34(31)32)9-10-21(17)33-16-7-5-4-6-8-16/h4-13,26-27H,3,14H2,1-2H3,(H,25,29)(H,31,32)/p-1. The molecule has 2 aromatic carbocycles. The summed E-state index contributed by atoms with van der Waals surface area (Å²) >= 11 is -2.27. The van der Waals surface area contributed by atoms with E-state index in [-0.39, 0.29) is 28.6 Å². The fourth-order valence-corrected chi connectivity index (χ4v) is 3.91. The van der Waals surface area contributed by atoms with E-state index < -0.39 is 11.1 Å². The van der Waals surface area contributed by atoms with Gasteiger partial charge in [0.2, 0.25) is 0 Å². The highest BCUT2D eigenvalue weighted by molar-refractivity contribution is 7.79. The number of aromatic amines is 1. The number of benzene rings is 2. The molecule has 0 aliphatic carbocycles. The van der Waals surface area contributed by atoms with Crippen molar-refractivity contribution in [2.75, 3.05) is 17.7 Å². The summed E-state index contributed by atoms with van der Waals surface area (Å²) < 4.78 is 29.6. The molecule has 2 heterocycles. The van der Waals surface area contributed by atoms with Crippen molar-refractivity contribution in [1.82, 2.24) is 14.9 Å². The van der Waals surface area contributed by atoms with E-state index in [1.807, 2.05) is 37.3 Å². The Morgan fingerprint density at radius 3 is 2.62 bits per heavy atom. The number of ether oxygens (including phenoxy) is 1. The molecule has 1 atom stereocenters. The van der Waals surface area contributed by atoms with Crippen molar-refractivity contribution >= 4 is 33.6 Å². The van der Waals surface area contributed by atoms with Crippen molar-refractivity contribution in [1.29, 1.82) is 0 Å². The molecule has 0 aliphatic rings. The first kappa shape index (κ1) is 23.3. The van der Waals surface area contributed by atoms with Crippen molar-refractivity contribution in [2.45, 2.75) is 6.92 Å². The fraction of sp³-hybridized carbons (Fsp3) is 0.167. The van der Waals surface area contributed by atoms with Crippen LogP contribution >= 0.6 is 0 Å². The molecule has 0 saturated heterocycles. The lowest BCUT2D eigenvalue weighted by atomic mass is 10.0. The molecule has 0 aliphatic heterocycles. The summed E-state index contributed by atoms with van der Waals surface area (Å²) in [6, 6.07) is 16.0. The van der Waals surface area contributed by atoms with Crippen LogP contribution in [0.2, 0.25) is 0 Å². The van der Waals surface area contributed by atoms with E-state index in [0.29, 0.717) is 40.2 Å². The molecule has 2 aromatic heterocycles. The maximum atomic E-state index is 12.8.